The van der Waals surface area contributed by atoms with E-state index in [-0.39, 0.29) is 35.6 Å². The van der Waals surface area contributed by atoms with Gasteiger partial charge in [0.1, 0.15) is 6.04 Å². The molecule has 3 N–H and O–H groups in total. The Kier molecular flexibility index (Phi) is 9.78. The molecular formula is C27H34N6O7. The minimum atomic E-state index is -1.02. The molecule has 2 heterocycles. The van der Waals surface area contributed by atoms with Crippen molar-refractivity contribution in [3.05, 3.63) is 64.1 Å². The molecule has 3 amide bonds. The standard InChI is InChI=1S/C27H34N6O7/c1-6-11-29-26-30-21-13-32(14-34)17(4)12-20(21)24(36)33(26)19-9-7-18(8-10-19)23(35)31(5)27(38)40-15-39-25(37)22(28)16(2)3/h6-10,14,16-17,22H,1,11-13,15,28H2,2-5H3,(H,29,30)/t17-,22?/m1/s1. The van der Waals surface area contributed by atoms with E-state index in [1.807, 2.05) is 6.92 Å². The third-order valence-corrected chi connectivity index (χ3v) is 6.53. The summed E-state index contributed by atoms with van der Waals surface area (Å²) < 4.78 is 11.1. The molecule has 1 aromatic heterocycles. The SMILES string of the molecule is C=CCNc1nc2c(c(=O)n1-c1ccc(C(=O)N(C)C(=O)OCOC(=O)C(N)C(C)C)cc1)C[C@@H](C)N(C=O)C2. The Bertz CT molecular complexity index is 1340. The van der Waals surface area contributed by atoms with E-state index in [1.165, 1.54) is 23.7 Å². The molecule has 13 nitrogen and oxygen atoms in total. The lowest BCUT2D eigenvalue weighted by Gasteiger charge is -2.31. The number of aromatic nitrogens is 2. The molecule has 1 aliphatic heterocycles. The van der Waals surface area contributed by atoms with Crippen molar-refractivity contribution in [3.8, 4) is 5.69 Å². The van der Waals surface area contributed by atoms with E-state index < -0.39 is 30.8 Å². The summed E-state index contributed by atoms with van der Waals surface area (Å²) in [5.74, 6) is -1.30. The number of rotatable bonds is 10. The number of amides is 3. The van der Waals surface area contributed by atoms with Crippen molar-refractivity contribution in [2.45, 2.75) is 45.8 Å². The zero-order valence-corrected chi connectivity index (χ0v) is 23.0. The van der Waals surface area contributed by atoms with Gasteiger partial charge >= 0.3 is 12.1 Å². The number of carbonyl (C=O) groups is 4. The highest BCUT2D eigenvalue weighted by molar-refractivity contribution is 6.02. The zero-order valence-electron chi connectivity index (χ0n) is 23.0. The number of nitrogens with zero attached hydrogens (tertiary/aromatic N) is 4. The first-order valence-corrected chi connectivity index (χ1v) is 12.7. The van der Waals surface area contributed by atoms with Gasteiger partial charge in [0, 0.05) is 30.8 Å². The first-order chi connectivity index (χ1) is 19.0. The number of nitrogens with one attached hydrogen (secondary N) is 1. The molecular weight excluding hydrogens is 520 g/mol. The van der Waals surface area contributed by atoms with Gasteiger partial charge in [-0.15, -0.1) is 6.58 Å². The average Bonchev–Trinajstić information content (AvgIpc) is 2.94. The minimum absolute atomic E-state index is 0.150. The van der Waals surface area contributed by atoms with Gasteiger partial charge in [0.2, 0.25) is 19.2 Å². The summed E-state index contributed by atoms with van der Waals surface area (Å²) >= 11 is 0. The van der Waals surface area contributed by atoms with Gasteiger partial charge in [-0.3, -0.25) is 19.2 Å². The van der Waals surface area contributed by atoms with E-state index in [1.54, 1.807) is 37.0 Å². The largest absolute Gasteiger partial charge is 0.427 e. The van der Waals surface area contributed by atoms with Crippen LogP contribution in [0.15, 0.2) is 41.7 Å². The molecule has 13 heteroatoms. The van der Waals surface area contributed by atoms with Crippen molar-refractivity contribution < 1.29 is 28.7 Å². The van der Waals surface area contributed by atoms with Gasteiger partial charge in [-0.25, -0.2) is 19.2 Å². The second-order valence-corrected chi connectivity index (χ2v) is 9.67. The van der Waals surface area contributed by atoms with E-state index in [0.717, 1.165) is 11.3 Å². The maximum Gasteiger partial charge on any atom is 0.419 e. The Labute approximate surface area is 231 Å². The number of benzene rings is 1. The van der Waals surface area contributed by atoms with Gasteiger partial charge in [0.05, 0.1) is 17.9 Å². The lowest BCUT2D eigenvalue weighted by atomic mass is 10.0. The summed E-state index contributed by atoms with van der Waals surface area (Å²) in [6.07, 6.45) is 1.69. The maximum absolute atomic E-state index is 13.6. The molecule has 0 aliphatic carbocycles. The minimum Gasteiger partial charge on any atom is -0.427 e. The number of ether oxygens (including phenoxy) is 2. The number of hydrogen-bond acceptors (Lipinski definition) is 10. The lowest BCUT2D eigenvalue weighted by molar-refractivity contribution is -0.154. The highest BCUT2D eigenvalue weighted by Crippen LogP contribution is 2.22. The van der Waals surface area contributed by atoms with Crippen LogP contribution in [0.4, 0.5) is 10.7 Å². The quantitative estimate of drug-likeness (QED) is 0.190. The lowest BCUT2D eigenvalue weighted by Crippen LogP contribution is -2.42. The summed E-state index contributed by atoms with van der Waals surface area (Å²) in [6.45, 7) is 8.90. The van der Waals surface area contributed by atoms with Crippen molar-refractivity contribution in [2.75, 3.05) is 25.7 Å². The summed E-state index contributed by atoms with van der Waals surface area (Å²) in [5.41, 5.74) is 7.00. The first kappa shape index (κ1) is 30.0. The second kappa shape index (κ2) is 13.0. The van der Waals surface area contributed by atoms with Crippen LogP contribution in [0.25, 0.3) is 5.69 Å². The van der Waals surface area contributed by atoms with E-state index in [2.05, 4.69) is 16.9 Å². The van der Waals surface area contributed by atoms with Crippen molar-refractivity contribution in [1.82, 2.24) is 19.4 Å². The molecule has 2 atom stereocenters. The molecule has 214 valence electrons. The van der Waals surface area contributed by atoms with E-state index in [0.29, 0.717) is 29.9 Å². The number of fused-ring (bicyclic) bond motifs is 1. The number of imide groups is 1. The Balaban J connectivity index is 1.79. The van der Waals surface area contributed by atoms with Crippen molar-refractivity contribution in [3.63, 3.8) is 0 Å². The fourth-order valence-electron chi connectivity index (χ4n) is 3.97. The number of anilines is 1. The van der Waals surface area contributed by atoms with Crippen LogP contribution >= 0.6 is 0 Å². The average molecular weight is 555 g/mol. The number of nitrogens with two attached hydrogens (primary N) is 1. The molecule has 0 radical (unpaired) electrons. The monoisotopic (exact) mass is 554 g/mol. The number of carbonyl (C=O) groups excluding carboxylic acids is 4. The number of esters is 1. The molecule has 1 aromatic carbocycles. The molecule has 1 aliphatic rings. The van der Waals surface area contributed by atoms with Gasteiger partial charge < -0.3 is 25.4 Å². The van der Waals surface area contributed by atoms with Gasteiger partial charge in [-0.1, -0.05) is 19.9 Å². The fraction of sp³-hybridized carbons (Fsp3) is 0.407. The summed E-state index contributed by atoms with van der Waals surface area (Å²) in [6, 6.07) is 5.01. The predicted molar refractivity (Wildman–Crippen MR) is 146 cm³/mol. The van der Waals surface area contributed by atoms with Crippen LogP contribution in [0.2, 0.25) is 0 Å². The normalized spacial score (nSPS) is 15.1. The Hall–Kier alpha value is -4.52. The number of hydrogen-bond donors (Lipinski definition) is 2. The van der Waals surface area contributed by atoms with Gasteiger partial charge in [-0.2, -0.15) is 0 Å². The Morgan fingerprint density at radius 2 is 1.93 bits per heavy atom. The van der Waals surface area contributed by atoms with E-state index in [4.69, 9.17) is 15.2 Å². The van der Waals surface area contributed by atoms with Crippen molar-refractivity contribution >= 4 is 30.3 Å². The summed E-state index contributed by atoms with van der Waals surface area (Å²) in [7, 11) is 1.22. The third kappa shape index (κ3) is 6.54. The molecule has 40 heavy (non-hydrogen) atoms. The summed E-state index contributed by atoms with van der Waals surface area (Å²) in [4.78, 5) is 68.8. The van der Waals surface area contributed by atoms with Crippen LogP contribution in [0.1, 0.15) is 42.4 Å². The fourth-order valence-corrected chi connectivity index (χ4v) is 3.97. The van der Waals surface area contributed by atoms with Gasteiger partial charge in [0.25, 0.3) is 11.5 Å². The molecule has 0 spiro atoms. The zero-order chi connectivity index (χ0) is 29.6. The van der Waals surface area contributed by atoms with Gasteiger partial charge in [0.15, 0.2) is 0 Å². The topological polar surface area (TPSA) is 166 Å². The van der Waals surface area contributed by atoms with Crippen LogP contribution in [-0.4, -0.2) is 76.2 Å². The Morgan fingerprint density at radius 1 is 1.25 bits per heavy atom. The predicted octanol–water partition coefficient (Wildman–Crippen LogP) is 1.43. The van der Waals surface area contributed by atoms with Crippen molar-refractivity contribution in [2.24, 2.45) is 11.7 Å². The smallest absolute Gasteiger partial charge is 0.419 e. The van der Waals surface area contributed by atoms with Crippen LogP contribution in [0.3, 0.4) is 0 Å². The maximum atomic E-state index is 13.6. The summed E-state index contributed by atoms with van der Waals surface area (Å²) in [5, 5.41) is 3.05. The van der Waals surface area contributed by atoms with E-state index >= 15 is 0 Å². The Morgan fingerprint density at radius 3 is 2.52 bits per heavy atom. The molecule has 0 saturated carbocycles. The molecule has 2 aromatic rings. The van der Waals surface area contributed by atoms with Crippen LogP contribution < -0.4 is 16.6 Å². The highest BCUT2D eigenvalue weighted by Gasteiger charge is 2.28. The third-order valence-electron chi connectivity index (χ3n) is 6.53. The first-order valence-electron chi connectivity index (χ1n) is 12.7. The molecule has 1 unspecified atom stereocenters. The molecule has 0 fully saturated rings. The molecule has 3 rings (SSSR count). The second-order valence-electron chi connectivity index (χ2n) is 9.67. The molecule has 0 bridgehead atoms. The van der Waals surface area contributed by atoms with Crippen LogP contribution in [-0.2, 0) is 32.0 Å². The van der Waals surface area contributed by atoms with Gasteiger partial charge in [-0.05, 0) is 43.5 Å². The van der Waals surface area contributed by atoms with Crippen LogP contribution in [0, 0.1) is 5.92 Å². The molecule has 0 saturated heterocycles. The highest BCUT2D eigenvalue weighted by atomic mass is 16.7. The van der Waals surface area contributed by atoms with Crippen LogP contribution in [0.5, 0.6) is 0 Å². The van der Waals surface area contributed by atoms with E-state index in [9.17, 15) is 24.0 Å². The van der Waals surface area contributed by atoms with Crippen molar-refractivity contribution in [1.29, 1.82) is 0 Å².